The summed E-state index contributed by atoms with van der Waals surface area (Å²) in [6, 6.07) is 23.1. The monoisotopic (exact) mass is 1040 g/mol. The summed E-state index contributed by atoms with van der Waals surface area (Å²) in [4.78, 5) is 28.9. The number of ether oxygens (including phenoxy) is 2. The molecule has 22 nitrogen and oxygen atoms in total. The molecule has 0 bridgehead atoms. The van der Waals surface area contributed by atoms with Gasteiger partial charge >= 0.3 is 102 Å². The van der Waals surface area contributed by atoms with E-state index < -0.39 is 74.7 Å². The Hall–Kier alpha value is -4.58. The molecule has 2 aliphatic heterocycles. The number of para-hydroxylation sites is 4. The molecule has 0 N–H and O–H groups in total. The summed E-state index contributed by atoms with van der Waals surface area (Å²) in [5.41, 5.74) is -5.39. The number of nitrogens with zero attached hydrogens (tertiary/aromatic N) is 4. The maximum Gasteiger partial charge on any atom is 1.00 e. The van der Waals surface area contributed by atoms with Crippen LogP contribution in [-0.4, -0.2) is 80.1 Å². The van der Waals surface area contributed by atoms with Gasteiger partial charge in [-0.3, -0.25) is 0 Å². The van der Waals surface area contributed by atoms with Gasteiger partial charge in [0.05, 0.1) is 11.4 Å². The maximum atomic E-state index is 12.9. The first-order chi connectivity index (χ1) is 31.1. The minimum absolute atomic E-state index is 0. The minimum Gasteiger partial charge on any atom is -0.731 e. The van der Waals surface area contributed by atoms with Crippen molar-refractivity contribution in [3.05, 3.63) is 118 Å². The summed E-state index contributed by atoms with van der Waals surface area (Å²) in [6.07, 6.45) is 0. The molecule has 2 atom stereocenters. The van der Waals surface area contributed by atoms with E-state index >= 15 is 0 Å². The third-order valence-electron chi connectivity index (χ3n) is 10.1. The van der Waals surface area contributed by atoms with Crippen molar-refractivity contribution in [1.29, 1.82) is 0 Å². The molecular formula is C40H38N4Na2O18S4. The number of benzene rings is 4. The molecule has 4 aromatic carbocycles. The Balaban J connectivity index is 0.000000247. The first kappa shape index (κ1) is 54.4. The standard InChI is InChI=1S/2C20H20N2O9S2.2Na/c2*1-3-21(4-2)14-10-9-13-11-18(19(23)29-17(13)12-14)31-32(24,25)20-22(33(26,27)28)15-7-5-6-8-16(15)30-20;;/h2*5-12,20H,3-4H2,1-2H3,(H,26,27,28);;/q;;2*+1/p-2. The zero-order valence-corrected chi connectivity index (χ0v) is 44.3. The minimum atomic E-state index is -5.31. The fraction of sp³-hybridized carbons (Fsp3) is 0.250. The first-order valence-electron chi connectivity index (χ1n) is 19.6. The van der Waals surface area contributed by atoms with E-state index in [4.69, 9.17) is 26.7 Å². The average Bonchev–Trinajstić information content (AvgIpc) is 3.87. The van der Waals surface area contributed by atoms with Gasteiger partial charge < -0.3 is 45.6 Å². The van der Waals surface area contributed by atoms with Crippen LogP contribution in [0, 0.1) is 0 Å². The van der Waals surface area contributed by atoms with Gasteiger partial charge in [0.1, 0.15) is 22.7 Å². The normalized spacial score (nSPS) is 15.4. The van der Waals surface area contributed by atoms with Gasteiger partial charge in [0.25, 0.3) is 0 Å². The number of fused-ring (bicyclic) bond motifs is 4. The summed E-state index contributed by atoms with van der Waals surface area (Å²) < 4.78 is 153. The van der Waals surface area contributed by atoms with Crippen LogP contribution in [0.5, 0.6) is 23.0 Å². The SMILES string of the molecule is CCN(CC)c1ccc2cc(OS(=O)(=O)C3Oc4ccccc4N3S(=O)(=O)[O-])c(=O)oc2c1.CCN(CC)c1ccc2cc(OS(=O)(=O)C3Oc4ccccc4N3S(=O)(=O)[O-])c(=O)oc2c1.[Na+].[Na+]. The van der Waals surface area contributed by atoms with E-state index in [0.29, 0.717) is 10.8 Å². The van der Waals surface area contributed by atoms with E-state index in [0.717, 1.165) is 49.7 Å². The van der Waals surface area contributed by atoms with Crippen LogP contribution < -0.4 is 107 Å². The molecule has 0 saturated carbocycles. The largest absolute Gasteiger partial charge is 1.00 e. The molecule has 2 aromatic heterocycles. The summed E-state index contributed by atoms with van der Waals surface area (Å²) >= 11 is 0. The Morgan fingerprint density at radius 2 is 0.868 bits per heavy atom. The molecular weight excluding hydrogens is 999 g/mol. The second-order valence-electron chi connectivity index (χ2n) is 14.0. The maximum absolute atomic E-state index is 12.9. The Kier molecular flexibility index (Phi) is 16.9. The van der Waals surface area contributed by atoms with Crippen LogP contribution in [0.1, 0.15) is 27.7 Å². The van der Waals surface area contributed by atoms with Crippen LogP contribution in [0.2, 0.25) is 0 Å². The molecule has 28 heteroatoms. The molecule has 352 valence electrons. The second-order valence-corrected chi connectivity index (χ2v) is 19.6. The smallest absolute Gasteiger partial charge is 0.731 e. The van der Waals surface area contributed by atoms with E-state index in [9.17, 15) is 52.4 Å². The van der Waals surface area contributed by atoms with Crippen LogP contribution in [0.25, 0.3) is 21.9 Å². The van der Waals surface area contributed by atoms with Crippen molar-refractivity contribution in [3.63, 3.8) is 0 Å². The second kappa shape index (κ2) is 21.2. The van der Waals surface area contributed by atoms with Crippen LogP contribution in [-0.2, 0) is 40.8 Å². The zero-order valence-electron chi connectivity index (χ0n) is 37.0. The topological polar surface area (TPSA) is 293 Å². The summed E-state index contributed by atoms with van der Waals surface area (Å²) in [7, 11) is -20.6. The van der Waals surface area contributed by atoms with E-state index in [-0.39, 0.29) is 102 Å². The van der Waals surface area contributed by atoms with Crippen molar-refractivity contribution < 1.29 is 129 Å². The molecule has 68 heavy (non-hydrogen) atoms. The third kappa shape index (κ3) is 11.2. The number of hydrogen-bond acceptors (Lipinski definition) is 20. The van der Waals surface area contributed by atoms with E-state index in [1.165, 1.54) is 48.5 Å². The predicted octanol–water partition coefficient (Wildman–Crippen LogP) is -2.01. The van der Waals surface area contributed by atoms with Gasteiger partial charge in [0, 0.05) is 72.6 Å². The molecule has 0 aliphatic carbocycles. The number of hydrogen-bond donors (Lipinski definition) is 0. The molecule has 6 aromatic rings. The van der Waals surface area contributed by atoms with Gasteiger partial charge in [0.2, 0.25) is 11.5 Å². The first-order valence-corrected chi connectivity index (χ1v) is 25.3. The molecule has 2 unspecified atom stereocenters. The summed E-state index contributed by atoms with van der Waals surface area (Å²) in [6.45, 7) is 10.8. The van der Waals surface area contributed by atoms with Crippen LogP contribution >= 0.6 is 0 Å². The Labute approximate surface area is 434 Å². The Morgan fingerprint density at radius 1 is 0.529 bits per heavy atom. The molecule has 4 heterocycles. The van der Waals surface area contributed by atoms with Crippen molar-refractivity contribution in [3.8, 4) is 23.0 Å². The molecule has 0 saturated heterocycles. The van der Waals surface area contributed by atoms with E-state index in [1.54, 1.807) is 36.4 Å². The van der Waals surface area contributed by atoms with Gasteiger partial charge in [-0.05, 0) is 76.2 Å². The Morgan fingerprint density at radius 3 is 1.19 bits per heavy atom. The van der Waals surface area contributed by atoms with Crippen LogP contribution in [0.15, 0.2) is 115 Å². The average molecular weight is 1040 g/mol. The summed E-state index contributed by atoms with van der Waals surface area (Å²) in [5.74, 6) is -1.71. The molecule has 8 rings (SSSR count). The molecule has 0 radical (unpaired) electrons. The van der Waals surface area contributed by atoms with Gasteiger partial charge in [0.15, 0.2) is 20.6 Å². The fourth-order valence-corrected chi connectivity index (χ4v) is 11.6. The van der Waals surface area contributed by atoms with Crippen molar-refractivity contribution in [1.82, 2.24) is 0 Å². The van der Waals surface area contributed by atoms with Crippen molar-refractivity contribution in [2.45, 2.75) is 38.8 Å². The molecule has 0 amide bonds. The van der Waals surface area contributed by atoms with Gasteiger partial charge in [-0.15, -0.1) is 0 Å². The van der Waals surface area contributed by atoms with Gasteiger partial charge in [-0.2, -0.15) is 16.8 Å². The molecule has 2 aliphatic rings. The van der Waals surface area contributed by atoms with Crippen molar-refractivity contribution in [2.75, 3.05) is 44.6 Å². The zero-order chi connectivity index (χ0) is 47.9. The Bertz CT molecular complexity index is 3200. The number of anilines is 4. The molecule has 0 spiro atoms. The van der Waals surface area contributed by atoms with Gasteiger partial charge in [-0.25, -0.2) is 35.0 Å². The van der Waals surface area contributed by atoms with Gasteiger partial charge in [-0.1, -0.05) is 24.3 Å². The summed E-state index contributed by atoms with van der Waals surface area (Å²) in [5, 5.41) is 0.749. The van der Waals surface area contributed by atoms with Crippen LogP contribution in [0.4, 0.5) is 22.7 Å². The quantitative estimate of drug-likeness (QED) is 0.0493. The van der Waals surface area contributed by atoms with E-state index in [1.807, 2.05) is 37.5 Å². The van der Waals surface area contributed by atoms with Crippen molar-refractivity contribution in [2.24, 2.45) is 0 Å². The third-order valence-corrected chi connectivity index (χ3v) is 14.5. The number of rotatable bonds is 14. The van der Waals surface area contributed by atoms with Crippen LogP contribution in [0.3, 0.4) is 0 Å². The van der Waals surface area contributed by atoms with Crippen molar-refractivity contribution >= 4 is 85.5 Å². The fourth-order valence-electron chi connectivity index (χ4n) is 7.00. The predicted molar refractivity (Wildman–Crippen MR) is 237 cm³/mol. The molecule has 0 fully saturated rings. The van der Waals surface area contributed by atoms with E-state index in [2.05, 4.69) is 0 Å².